The summed E-state index contributed by atoms with van der Waals surface area (Å²) in [5.74, 6) is 2.15. The average molecular weight is 372 g/mol. The molecule has 6 heteroatoms. The van der Waals surface area contributed by atoms with Gasteiger partial charge in [0.2, 0.25) is 5.78 Å². The first kappa shape index (κ1) is 16.9. The molecular formula is C22H20N4O2. The highest BCUT2D eigenvalue weighted by Gasteiger charge is 2.30. The maximum atomic E-state index is 13.4. The molecule has 1 saturated carbocycles. The van der Waals surface area contributed by atoms with Crippen LogP contribution in [0.25, 0.3) is 22.2 Å². The number of carbonyl (C=O) groups excluding carboxylic acids is 1. The number of fused-ring (bicyclic) bond motifs is 1. The molecule has 0 spiro atoms. The van der Waals surface area contributed by atoms with Crippen molar-refractivity contribution < 1.29 is 9.32 Å². The molecule has 28 heavy (non-hydrogen) atoms. The van der Waals surface area contributed by atoms with Crippen LogP contribution >= 0.6 is 0 Å². The van der Waals surface area contributed by atoms with Crippen LogP contribution in [0, 0.1) is 13.8 Å². The van der Waals surface area contributed by atoms with Crippen LogP contribution in [0.5, 0.6) is 0 Å². The number of rotatable bonds is 4. The van der Waals surface area contributed by atoms with Gasteiger partial charge in [0, 0.05) is 24.7 Å². The molecule has 0 N–H and O–H groups in total. The third kappa shape index (κ3) is 2.56. The number of ketones is 1. The standard InChI is InChI=1S/C22H20N4O2/c1-12-19(13(2)28-25-12)15-10-16(21(27)17-6-4-5-9-23-17)20-18(11-15)24-22(26(20)3)14-7-8-14/h4-6,9-11,14H,7-8H2,1-3H3. The minimum Gasteiger partial charge on any atom is -0.361 e. The normalized spacial score (nSPS) is 14.0. The van der Waals surface area contributed by atoms with Gasteiger partial charge in [-0.2, -0.15) is 0 Å². The molecule has 1 aromatic carbocycles. The number of aryl methyl sites for hydroxylation is 3. The van der Waals surface area contributed by atoms with Gasteiger partial charge in [-0.05, 0) is 56.5 Å². The summed E-state index contributed by atoms with van der Waals surface area (Å²) in [7, 11) is 1.99. The van der Waals surface area contributed by atoms with Crippen LogP contribution < -0.4 is 0 Å². The molecule has 3 aromatic heterocycles. The maximum absolute atomic E-state index is 13.4. The van der Waals surface area contributed by atoms with Gasteiger partial charge in [-0.1, -0.05) is 11.2 Å². The van der Waals surface area contributed by atoms with Gasteiger partial charge >= 0.3 is 0 Å². The third-order valence-electron chi connectivity index (χ3n) is 5.41. The van der Waals surface area contributed by atoms with E-state index in [-0.39, 0.29) is 5.78 Å². The van der Waals surface area contributed by atoms with Gasteiger partial charge in [0.15, 0.2) is 0 Å². The van der Waals surface area contributed by atoms with Crippen LogP contribution in [0.1, 0.15) is 52.1 Å². The van der Waals surface area contributed by atoms with Crippen molar-refractivity contribution >= 4 is 16.8 Å². The zero-order valence-corrected chi connectivity index (χ0v) is 16.1. The molecule has 140 valence electrons. The summed E-state index contributed by atoms with van der Waals surface area (Å²) in [5, 5.41) is 4.07. The Morgan fingerprint density at radius 3 is 2.68 bits per heavy atom. The van der Waals surface area contributed by atoms with E-state index in [4.69, 9.17) is 9.51 Å². The molecule has 4 aromatic rings. The van der Waals surface area contributed by atoms with Crippen molar-refractivity contribution in [3.8, 4) is 11.1 Å². The third-order valence-corrected chi connectivity index (χ3v) is 5.41. The Hall–Kier alpha value is -3.28. The topological polar surface area (TPSA) is 73.8 Å². The summed E-state index contributed by atoms with van der Waals surface area (Å²) >= 11 is 0. The molecule has 0 bridgehead atoms. The van der Waals surface area contributed by atoms with Gasteiger partial charge < -0.3 is 9.09 Å². The Kier molecular flexibility index (Phi) is 3.69. The van der Waals surface area contributed by atoms with E-state index in [9.17, 15) is 4.79 Å². The largest absolute Gasteiger partial charge is 0.361 e. The number of nitrogens with zero attached hydrogens (tertiary/aromatic N) is 4. The van der Waals surface area contributed by atoms with E-state index in [2.05, 4.69) is 14.7 Å². The molecule has 3 heterocycles. The monoisotopic (exact) mass is 372 g/mol. The second kappa shape index (κ2) is 6.12. The van der Waals surface area contributed by atoms with Gasteiger partial charge in [-0.25, -0.2) is 4.98 Å². The summed E-state index contributed by atoms with van der Waals surface area (Å²) in [6.07, 6.45) is 3.94. The maximum Gasteiger partial charge on any atom is 0.213 e. The number of aromatic nitrogens is 4. The number of pyridine rings is 1. The lowest BCUT2D eigenvalue weighted by atomic mass is 9.97. The number of imidazole rings is 1. The summed E-state index contributed by atoms with van der Waals surface area (Å²) in [5.41, 5.74) is 5.31. The molecular weight excluding hydrogens is 352 g/mol. The van der Waals surface area contributed by atoms with E-state index in [1.807, 2.05) is 45.2 Å². The molecule has 6 nitrogen and oxygen atoms in total. The van der Waals surface area contributed by atoms with Gasteiger partial charge in [-0.3, -0.25) is 9.78 Å². The first-order chi connectivity index (χ1) is 13.5. The highest BCUT2D eigenvalue weighted by Crippen LogP contribution is 2.41. The zero-order valence-electron chi connectivity index (χ0n) is 16.1. The van der Waals surface area contributed by atoms with E-state index in [0.29, 0.717) is 17.2 Å². The number of hydrogen-bond donors (Lipinski definition) is 0. The Balaban J connectivity index is 1.79. The van der Waals surface area contributed by atoms with Crippen molar-refractivity contribution in [2.45, 2.75) is 32.6 Å². The Morgan fingerprint density at radius 1 is 1.21 bits per heavy atom. The summed E-state index contributed by atoms with van der Waals surface area (Å²) in [6, 6.07) is 9.33. The number of benzene rings is 1. The van der Waals surface area contributed by atoms with E-state index in [1.165, 1.54) is 0 Å². The SMILES string of the molecule is Cc1noc(C)c1-c1cc(C(=O)c2ccccn2)c2c(c1)nc(C1CC1)n2C. The smallest absolute Gasteiger partial charge is 0.213 e. The predicted octanol–water partition coefficient (Wildman–Crippen LogP) is 4.35. The van der Waals surface area contributed by atoms with Crippen molar-refractivity contribution in [2.24, 2.45) is 7.05 Å². The predicted molar refractivity (Wildman–Crippen MR) is 105 cm³/mol. The van der Waals surface area contributed by atoms with Crippen LogP contribution in [-0.4, -0.2) is 25.5 Å². The molecule has 0 aliphatic heterocycles. The van der Waals surface area contributed by atoms with Crippen LogP contribution in [-0.2, 0) is 7.05 Å². The lowest BCUT2D eigenvalue weighted by Crippen LogP contribution is -2.07. The van der Waals surface area contributed by atoms with Crippen molar-refractivity contribution in [3.63, 3.8) is 0 Å². The lowest BCUT2D eigenvalue weighted by Gasteiger charge is -2.09. The van der Waals surface area contributed by atoms with Gasteiger partial charge in [-0.15, -0.1) is 0 Å². The Labute approximate surface area is 162 Å². The number of carbonyl (C=O) groups is 1. The lowest BCUT2D eigenvalue weighted by molar-refractivity contribution is 0.103. The van der Waals surface area contributed by atoms with E-state index in [1.54, 1.807) is 12.3 Å². The van der Waals surface area contributed by atoms with Crippen molar-refractivity contribution in [2.75, 3.05) is 0 Å². The fourth-order valence-electron chi connectivity index (χ4n) is 3.92. The summed E-state index contributed by atoms with van der Waals surface area (Å²) in [6.45, 7) is 3.79. The van der Waals surface area contributed by atoms with Crippen molar-refractivity contribution in [1.29, 1.82) is 0 Å². The molecule has 0 radical (unpaired) electrons. The average Bonchev–Trinajstić information content (AvgIpc) is 3.42. The molecule has 1 aliphatic rings. The first-order valence-corrected chi connectivity index (χ1v) is 9.44. The minimum atomic E-state index is -0.107. The summed E-state index contributed by atoms with van der Waals surface area (Å²) in [4.78, 5) is 22.5. The van der Waals surface area contributed by atoms with Crippen molar-refractivity contribution in [3.05, 3.63) is 65.1 Å². The molecule has 5 rings (SSSR count). The van der Waals surface area contributed by atoms with E-state index < -0.39 is 0 Å². The molecule has 0 unspecified atom stereocenters. The number of hydrogen-bond acceptors (Lipinski definition) is 5. The van der Waals surface area contributed by atoms with Crippen molar-refractivity contribution in [1.82, 2.24) is 19.7 Å². The minimum absolute atomic E-state index is 0.107. The molecule has 0 atom stereocenters. The Morgan fingerprint density at radius 2 is 2.04 bits per heavy atom. The fraction of sp³-hybridized carbons (Fsp3) is 0.273. The van der Waals surface area contributed by atoms with E-state index >= 15 is 0 Å². The first-order valence-electron chi connectivity index (χ1n) is 9.44. The molecule has 0 amide bonds. The van der Waals surface area contributed by atoms with Gasteiger partial charge in [0.05, 0.1) is 22.3 Å². The molecule has 0 saturated heterocycles. The fourth-order valence-corrected chi connectivity index (χ4v) is 3.92. The van der Waals surface area contributed by atoms with Crippen LogP contribution in [0.3, 0.4) is 0 Å². The Bertz CT molecular complexity index is 1200. The summed E-state index contributed by atoms with van der Waals surface area (Å²) < 4.78 is 7.42. The van der Waals surface area contributed by atoms with E-state index in [0.717, 1.165) is 52.3 Å². The highest BCUT2D eigenvalue weighted by molar-refractivity contribution is 6.15. The second-order valence-electron chi connectivity index (χ2n) is 7.44. The second-order valence-corrected chi connectivity index (χ2v) is 7.44. The zero-order chi connectivity index (χ0) is 19.4. The molecule has 1 aliphatic carbocycles. The van der Waals surface area contributed by atoms with Crippen LogP contribution in [0.15, 0.2) is 41.1 Å². The highest BCUT2D eigenvalue weighted by atomic mass is 16.5. The quantitative estimate of drug-likeness (QED) is 0.498. The molecule has 1 fully saturated rings. The van der Waals surface area contributed by atoms with Crippen LogP contribution in [0.4, 0.5) is 0 Å². The van der Waals surface area contributed by atoms with Gasteiger partial charge in [0.1, 0.15) is 17.3 Å². The van der Waals surface area contributed by atoms with Crippen LogP contribution in [0.2, 0.25) is 0 Å². The van der Waals surface area contributed by atoms with Gasteiger partial charge in [0.25, 0.3) is 0 Å².